The summed E-state index contributed by atoms with van der Waals surface area (Å²) in [5.41, 5.74) is -8.33. The van der Waals surface area contributed by atoms with Gasteiger partial charge in [-0.05, 0) is 32.9 Å². The Hall–Kier alpha value is -2.85. The van der Waals surface area contributed by atoms with Crippen LogP contribution >= 0.6 is 0 Å². The standard InChI is InChI=1S/C31H36O13/c1-12-24(34)17(32)8-21(43-12)44-19-9-18(42-13(2)25(19)35)14-4-5-15-22(26(14)36)27(37)16-6-7-30(40)11-29(3,39)10-20(33)31(30,41)23(16)28(15)38/h4-7,12-13,17-19,21,24-25,32,34-36,39-41H,8-11H2,1-3H3/t12-,13+,17-,18+,19+,21-,24+,25+,29-,30-,31-/m0/s1. The fourth-order valence-electron chi connectivity index (χ4n) is 7.24. The van der Waals surface area contributed by atoms with E-state index in [1.54, 1.807) is 13.8 Å². The van der Waals surface area contributed by atoms with E-state index in [4.69, 9.17) is 14.2 Å². The van der Waals surface area contributed by atoms with Crippen molar-refractivity contribution in [1.82, 2.24) is 0 Å². The number of carbonyl (C=O) groups excluding carboxylic acids is 3. The first-order chi connectivity index (χ1) is 20.5. The first kappa shape index (κ1) is 31.1. The molecular formula is C31H36O13. The number of benzene rings is 1. The zero-order valence-corrected chi connectivity index (χ0v) is 24.3. The van der Waals surface area contributed by atoms with E-state index in [2.05, 4.69) is 0 Å². The minimum Gasteiger partial charge on any atom is -0.507 e. The zero-order valence-electron chi connectivity index (χ0n) is 24.3. The summed E-state index contributed by atoms with van der Waals surface area (Å²) in [5.74, 6) is -3.39. The number of Topliss-reactive ketones (excluding diaryl/α,β-unsaturated/α-hetero) is 3. The van der Waals surface area contributed by atoms with Gasteiger partial charge in [-0.25, -0.2) is 0 Å². The van der Waals surface area contributed by atoms with Crippen LogP contribution in [0.25, 0.3) is 0 Å². The molecule has 44 heavy (non-hydrogen) atoms. The van der Waals surface area contributed by atoms with Crippen molar-refractivity contribution in [2.24, 2.45) is 0 Å². The summed E-state index contributed by atoms with van der Waals surface area (Å²) in [6.07, 6.45) is -6.54. The van der Waals surface area contributed by atoms with Gasteiger partial charge in [0.2, 0.25) is 0 Å². The quantitative estimate of drug-likeness (QED) is 0.231. The lowest BCUT2D eigenvalue weighted by atomic mass is 9.57. The van der Waals surface area contributed by atoms with Crippen LogP contribution in [-0.4, -0.2) is 113 Å². The molecule has 5 aliphatic rings. The van der Waals surface area contributed by atoms with Crippen LogP contribution in [0.4, 0.5) is 0 Å². The number of phenols is 1. The molecule has 11 atom stereocenters. The average molecular weight is 617 g/mol. The molecule has 2 saturated heterocycles. The summed E-state index contributed by atoms with van der Waals surface area (Å²) in [6, 6.07) is 2.62. The Kier molecular flexibility index (Phi) is 7.32. The monoisotopic (exact) mass is 616 g/mol. The lowest BCUT2D eigenvalue weighted by Gasteiger charge is -2.51. The van der Waals surface area contributed by atoms with Gasteiger partial charge >= 0.3 is 0 Å². The minimum absolute atomic E-state index is 0.0120. The predicted octanol–water partition coefficient (Wildman–Crippen LogP) is -0.334. The van der Waals surface area contributed by atoms with E-state index >= 15 is 0 Å². The molecule has 3 aliphatic carbocycles. The highest BCUT2D eigenvalue weighted by Gasteiger charge is 2.66. The van der Waals surface area contributed by atoms with E-state index in [1.807, 2.05) is 0 Å². The van der Waals surface area contributed by atoms with Crippen LogP contribution in [0, 0.1) is 0 Å². The number of aliphatic hydroxyl groups excluding tert-OH is 3. The van der Waals surface area contributed by atoms with Crippen molar-refractivity contribution in [3.63, 3.8) is 0 Å². The van der Waals surface area contributed by atoms with Gasteiger partial charge < -0.3 is 50.0 Å². The maximum Gasteiger partial charge on any atom is 0.198 e. The normalized spacial score (nSPS) is 43.9. The molecule has 1 aromatic carbocycles. The van der Waals surface area contributed by atoms with Crippen LogP contribution in [0.5, 0.6) is 5.75 Å². The molecule has 13 nitrogen and oxygen atoms in total. The second-order valence-corrected chi connectivity index (χ2v) is 12.9. The predicted molar refractivity (Wildman–Crippen MR) is 147 cm³/mol. The summed E-state index contributed by atoms with van der Waals surface area (Å²) in [7, 11) is 0. The molecule has 0 unspecified atom stereocenters. The van der Waals surface area contributed by atoms with Crippen molar-refractivity contribution in [3.05, 3.63) is 52.1 Å². The van der Waals surface area contributed by atoms with E-state index in [1.165, 1.54) is 19.1 Å². The second-order valence-electron chi connectivity index (χ2n) is 12.9. The minimum atomic E-state index is -2.79. The van der Waals surface area contributed by atoms with Crippen molar-refractivity contribution in [2.75, 3.05) is 0 Å². The molecule has 0 amide bonds. The number of rotatable bonds is 3. The molecule has 1 saturated carbocycles. The van der Waals surface area contributed by atoms with Gasteiger partial charge in [-0.1, -0.05) is 12.1 Å². The van der Waals surface area contributed by atoms with Gasteiger partial charge in [0.25, 0.3) is 0 Å². The van der Waals surface area contributed by atoms with Crippen molar-refractivity contribution < 1.29 is 64.3 Å². The van der Waals surface area contributed by atoms with Gasteiger partial charge in [-0.3, -0.25) is 14.4 Å². The third-order valence-corrected chi connectivity index (χ3v) is 9.57. The molecule has 13 heteroatoms. The number of aromatic hydroxyl groups is 1. The maximum absolute atomic E-state index is 13.8. The molecule has 3 fully saturated rings. The Morgan fingerprint density at radius 1 is 0.932 bits per heavy atom. The van der Waals surface area contributed by atoms with Gasteiger partial charge in [-0.15, -0.1) is 0 Å². The van der Waals surface area contributed by atoms with Crippen molar-refractivity contribution in [1.29, 1.82) is 0 Å². The third kappa shape index (κ3) is 4.53. The smallest absolute Gasteiger partial charge is 0.198 e. The van der Waals surface area contributed by atoms with Gasteiger partial charge in [0.1, 0.15) is 23.6 Å². The summed E-state index contributed by atoms with van der Waals surface area (Å²) < 4.78 is 17.6. The first-order valence-electron chi connectivity index (χ1n) is 14.6. The number of fused-ring (bicyclic) bond motifs is 3. The van der Waals surface area contributed by atoms with E-state index in [9.17, 15) is 50.1 Å². The molecule has 0 aromatic heterocycles. The molecule has 6 rings (SSSR count). The number of phenolic OH excluding ortho intramolecular Hbond substituents is 1. The van der Waals surface area contributed by atoms with E-state index in [0.717, 1.165) is 12.2 Å². The molecule has 7 N–H and O–H groups in total. The Labute approximate surface area is 252 Å². The highest BCUT2D eigenvalue weighted by Crippen LogP contribution is 2.52. The topological polar surface area (TPSA) is 221 Å². The van der Waals surface area contributed by atoms with Crippen LogP contribution in [0.1, 0.15) is 78.8 Å². The number of hydrogen-bond donors (Lipinski definition) is 7. The fourth-order valence-corrected chi connectivity index (χ4v) is 7.24. The summed E-state index contributed by atoms with van der Waals surface area (Å²) in [5, 5.41) is 75.7. The number of aliphatic hydroxyl groups is 6. The molecular weight excluding hydrogens is 580 g/mol. The zero-order chi connectivity index (χ0) is 32.1. The summed E-state index contributed by atoms with van der Waals surface area (Å²) >= 11 is 0. The van der Waals surface area contributed by atoms with Crippen molar-refractivity contribution in [2.45, 2.75) is 112 Å². The number of ether oxygens (including phenoxy) is 3. The van der Waals surface area contributed by atoms with E-state index in [0.29, 0.717) is 0 Å². The molecule has 2 aliphatic heterocycles. The number of ketones is 3. The Bertz CT molecular complexity index is 1480. The van der Waals surface area contributed by atoms with Crippen LogP contribution in [0.15, 0.2) is 35.4 Å². The van der Waals surface area contributed by atoms with Crippen LogP contribution in [0.3, 0.4) is 0 Å². The Morgan fingerprint density at radius 2 is 1.61 bits per heavy atom. The summed E-state index contributed by atoms with van der Waals surface area (Å²) in [4.78, 5) is 40.8. The third-order valence-electron chi connectivity index (χ3n) is 9.57. The number of hydrogen-bond acceptors (Lipinski definition) is 13. The molecule has 2 heterocycles. The van der Waals surface area contributed by atoms with Gasteiger partial charge in [0.05, 0.1) is 47.3 Å². The fraction of sp³-hybridized carbons (Fsp3) is 0.581. The Morgan fingerprint density at radius 3 is 2.30 bits per heavy atom. The molecule has 238 valence electrons. The highest BCUT2D eigenvalue weighted by atomic mass is 16.7. The molecule has 0 spiro atoms. The van der Waals surface area contributed by atoms with Crippen LogP contribution in [-0.2, 0) is 19.0 Å². The lowest BCUT2D eigenvalue weighted by molar-refractivity contribution is -0.287. The van der Waals surface area contributed by atoms with E-state index < -0.39 is 107 Å². The molecule has 1 aromatic rings. The number of allylic oxidation sites excluding steroid dienone is 2. The van der Waals surface area contributed by atoms with Gasteiger partial charge in [0, 0.05) is 42.4 Å². The second kappa shape index (κ2) is 10.3. The SMILES string of the molecule is C[C@@H]1O[C@@H](O[C@@H]2C[C@H](c3ccc4c(c3O)C(=O)C3=C(C4=O)[C@@]4(O)C(=O)C[C@](C)(O)C[C@@]4(O)C=C3)O[C@H](C)[C@H]2O)C[C@H](O)[C@@H]1O. The van der Waals surface area contributed by atoms with Crippen molar-refractivity contribution in [3.8, 4) is 5.75 Å². The molecule has 0 bridgehead atoms. The van der Waals surface area contributed by atoms with Crippen LogP contribution in [0.2, 0.25) is 0 Å². The summed E-state index contributed by atoms with van der Waals surface area (Å²) in [6.45, 7) is 4.49. The van der Waals surface area contributed by atoms with Crippen LogP contribution < -0.4 is 0 Å². The first-order valence-corrected chi connectivity index (χ1v) is 14.6. The Balaban J connectivity index is 1.32. The lowest BCUT2D eigenvalue weighted by Crippen LogP contribution is -2.69. The average Bonchev–Trinajstić information content (AvgIpc) is 2.93. The van der Waals surface area contributed by atoms with Crippen molar-refractivity contribution >= 4 is 17.3 Å². The molecule has 0 radical (unpaired) electrons. The maximum atomic E-state index is 13.8. The number of carbonyl (C=O) groups is 3. The van der Waals surface area contributed by atoms with Gasteiger partial charge in [0.15, 0.2) is 29.2 Å². The highest BCUT2D eigenvalue weighted by molar-refractivity contribution is 6.31. The largest absolute Gasteiger partial charge is 0.507 e. The van der Waals surface area contributed by atoms with Gasteiger partial charge in [-0.2, -0.15) is 0 Å². The van der Waals surface area contributed by atoms with E-state index in [-0.39, 0.29) is 35.1 Å².